The number of aromatic nitrogens is 3. The molecule has 5 heteroatoms. The van der Waals surface area contributed by atoms with Crippen molar-refractivity contribution in [3.05, 3.63) is 192 Å². The van der Waals surface area contributed by atoms with E-state index >= 15 is 0 Å². The Labute approximate surface area is 397 Å². The maximum atomic E-state index is 12.0. The second kappa shape index (κ2) is 17.3. The number of nitrogens with zero attached hydrogens (tertiary/aromatic N) is 3. The number of imidazole rings is 1. The number of aryl methyl sites for hydroxylation is 3. The van der Waals surface area contributed by atoms with Gasteiger partial charge < -0.3 is 5.11 Å². The van der Waals surface area contributed by atoms with Gasteiger partial charge in [-0.05, 0) is 106 Å². The molecule has 2 aromatic heterocycles. The molecule has 0 bridgehead atoms. The molecule has 0 spiro atoms. The van der Waals surface area contributed by atoms with E-state index in [9.17, 15) is 5.11 Å². The third-order valence-corrected chi connectivity index (χ3v) is 12.0. The number of aromatic hydroxyl groups is 1. The predicted octanol–water partition coefficient (Wildman–Crippen LogP) is 15.4. The molecule has 0 atom stereocenters. The monoisotopic (exact) mass is 1020 g/mol. The summed E-state index contributed by atoms with van der Waals surface area (Å²) in [4.78, 5) is 10.4. The molecular formula is C59H54N3OPt-. The van der Waals surface area contributed by atoms with Crippen LogP contribution in [-0.2, 0) is 31.9 Å². The molecular weight excluding hydrogens is 962 g/mol. The summed E-state index contributed by atoms with van der Waals surface area (Å²) in [6, 6.07) is 55.3. The Balaban J connectivity index is 0.00000608. The Morgan fingerprint density at radius 1 is 0.578 bits per heavy atom. The van der Waals surface area contributed by atoms with Crippen LogP contribution in [0.3, 0.4) is 0 Å². The standard InChI is InChI=1S/C59H54N3O.Pt/c1-37-23-25-40(26-24-37)43-27-28-60-52(34-43)45-31-44(32-46(33-45)58(4,5)6)47-21-16-22-53-55(47)61-57(50-30-38(2)29-39(3)56(50)63)62(53)54-36-48(41-17-12-10-13-18-41)51(59(7,8)9)35-49(54)42-19-14-11-15-20-42;/h10-30,32-36,63H,1-9H3;/q-1;/i1D3;. The fourth-order valence-electron chi connectivity index (χ4n) is 8.68. The van der Waals surface area contributed by atoms with Gasteiger partial charge in [0.1, 0.15) is 11.6 Å². The SMILES string of the molecule is [2H]C([2H])([2H])c1ccc(-c2ccnc(-c3[c-]c(-c4cccc5c4nc(-c4cc(C)cc(C)c4O)n5-c4cc(-c5ccccc5)c(C(C)(C)C)cc4-c4ccccc4)cc(C(C)(C)C)c3)c2)cc1.[Pt]. The molecule has 0 aliphatic carbocycles. The van der Waals surface area contributed by atoms with Crippen molar-refractivity contribution in [1.29, 1.82) is 0 Å². The average Bonchev–Trinajstić information content (AvgIpc) is 3.69. The van der Waals surface area contributed by atoms with Crippen LogP contribution in [0.5, 0.6) is 5.75 Å². The van der Waals surface area contributed by atoms with Gasteiger partial charge in [-0.1, -0.05) is 167 Å². The summed E-state index contributed by atoms with van der Waals surface area (Å²) in [5, 5.41) is 12.0. The van der Waals surface area contributed by atoms with Crippen LogP contribution in [-0.4, -0.2) is 19.6 Å². The Kier molecular flexibility index (Phi) is 10.9. The largest absolute Gasteiger partial charge is 0.507 e. The second-order valence-electron chi connectivity index (χ2n) is 18.8. The van der Waals surface area contributed by atoms with Crippen LogP contribution >= 0.6 is 0 Å². The van der Waals surface area contributed by atoms with Crippen LogP contribution in [0.1, 0.15) is 73.5 Å². The van der Waals surface area contributed by atoms with Crippen molar-refractivity contribution in [2.45, 2.75) is 73.1 Å². The van der Waals surface area contributed by atoms with E-state index in [0.717, 1.165) is 89.2 Å². The smallest absolute Gasteiger partial charge is 0.148 e. The van der Waals surface area contributed by atoms with E-state index in [1.807, 2.05) is 49.4 Å². The van der Waals surface area contributed by atoms with Gasteiger partial charge in [0.2, 0.25) is 0 Å². The third kappa shape index (κ3) is 8.52. The van der Waals surface area contributed by atoms with Crippen molar-refractivity contribution in [2.24, 2.45) is 0 Å². The molecule has 322 valence electrons. The quantitative estimate of drug-likeness (QED) is 0.162. The van der Waals surface area contributed by atoms with Crippen molar-refractivity contribution >= 4 is 11.0 Å². The number of para-hydroxylation sites is 1. The minimum atomic E-state index is -2.17. The molecule has 1 N–H and O–H groups in total. The van der Waals surface area contributed by atoms with Crippen molar-refractivity contribution in [3.8, 4) is 78.6 Å². The summed E-state index contributed by atoms with van der Waals surface area (Å²) in [5.41, 5.74) is 16.8. The Bertz CT molecular complexity index is 3270. The normalized spacial score (nSPS) is 12.7. The van der Waals surface area contributed by atoms with Crippen LogP contribution in [0.2, 0.25) is 0 Å². The molecule has 7 aromatic carbocycles. The number of phenolic OH excluding ortho intramolecular Hbond substituents is 1. The Morgan fingerprint density at radius 2 is 1.25 bits per heavy atom. The topological polar surface area (TPSA) is 50.9 Å². The molecule has 0 saturated carbocycles. The van der Waals surface area contributed by atoms with Crippen molar-refractivity contribution in [2.75, 3.05) is 0 Å². The van der Waals surface area contributed by atoms with E-state index in [2.05, 4.69) is 156 Å². The first-order valence-corrected chi connectivity index (χ1v) is 21.6. The molecule has 2 heterocycles. The zero-order valence-electron chi connectivity index (χ0n) is 40.6. The van der Waals surface area contributed by atoms with Gasteiger partial charge in [0.05, 0.1) is 22.3 Å². The number of pyridine rings is 1. The number of phenols is 1. The maximum Gasteiger partial charge on any atom is 0.148 e. The molecule has 64 heavy (non-hydrogen) atoms. The minimum Gasteiger partial charge on any atom is -0.507 e. The molecule has 0 aliphatic heterocycles. The second-order valence-corrected chi connectivity index (χ2v) is 18.8. The molecule has 0 fully saturated rings. The van der Waals surface area contributed by atoms with Crippen LogP contribution < -0.4 is 0 Å². The molecule has 9 rings (SSSR count). The molecule has 0 aliphatic rings. The minimum absolute atomic E-state index is 0. The van der Waals surface area contributed by atoms with Gasteiger partial charge in [0.15, 0.2) is 0 Å². The van der Waals surface area contributed by atoms with Gasteiger partial charge in [0, 0.05) is 42.6 Å². The van der Waals surface area contributed by atoms with Crippen molar-refractivity contribution < 1.29 is 30.3 Å². The first-order chi connectivity index (χ1) is 31.3. The predicted molar refractivity (Wildman–Crippen MR) is 264 cm³/mol. The zero-order chi connectivity index (χ0) is 46.7. The fraction of sp³-hybridized carbons (Fsp3) is 0.186. The Morgan fingerprint density at radius 3 is 1.91 bits per heavy atom. The first-order valence-electron chi connectivity index (χ1n) is 23.1. The molecule has 0 unspecified atom stereocenters. The summed E-state index contributed by atoms with van der Waals surface area (Å²) in [6.07, 6.45) is 1.80. The summed E-state index contributed by atoms with van der Waals surface area (Å²) in [7, 11) is 0. The van der Waals surface area contributed by atoms with Crippen LogP contribution in [0, 0.1) is 26.8 Å². The van der Waals surface area contributed by atoms with E-state index in [1.54, 1.807) is 18.3 Å². The Hall–Kier alpha value is -6.35. The van der Waals surface area contributed by atoms with Crippen molar-refractivity contribution in [1.82, 2.24) is 14.5 Å². The van der Waals surface area contributed by atoms with Gasteiger partial charge >= 0.3 is 0 Å². The van der Waals surface area contributed by atoms with Crippen LogP contribution in [0.4, 0.5) is 0 Å². The first kappa shape index (κ1) is 40.4. The summed E-state index contributed by atoms with van der Waals surface area (Å²) in [6.45, 7) is 15.2. The van der Waals surface area contributed by atoms with Gasteiger partial charge in [-0.2, -0.15) is 0 Å². The molecule has 0 amide bonds. The van der Waals surface area contributed by atoms with E-state index in [1.165, 1.54) is 5.56 Å². The molecule has 0 radical (unpaired) electrons. The number of hydrogen-bond acceptors (Lipinski definition) is 3. The summed E-state index contributed by atoms with van der Waals surface area (Å²) < 4.78 is 25.8. The summed E-state index contributed by atoms with van der Waals surface area (Å²) >= 11 is 0. The van der Waals surface area contributed by atoms with Gasteiger partial charge in [0.25, 0.3) is 0 Å². The van der Waals surface area contributed by atoms with Crippen molar-refractivity contribution in [3.63, 3.8) is 0 Å². The number of rotatable bonds is 7. The molecule has 9 aromatic rings. The number of fused-ring (bicyclic) bond motifs is 1. The van der Waals surface area contributed by atoms with Crippen LogP contribution in [0.25, 0.3) is 83.9 Å². The van der Waals surface area contributed by atoms with E-state index in [-0.39, 0.29) is 37.6 Å². The van der Waals surface area contributed by atoms with Gasteiger partial charge in [-0.25, -0.2) is 4.98 Å². The summed E-state index contributed by atoms with van der Waals surface area (Å²) in [5.74, 6) is 0.824. The molecule has 0 saturated heterocycles. The number of benzene rings is 7. The third-order valence-electron chi connectivity index (χ3n) is 12.0. The molecule has 4 nitrogen and oxygen atoms in total. The van der Waals surface area contributed by atoms with E-state index in [0.29, 0.717) is 17.0 Å². The number of hydrogen-bond donors (Lipinski definition) is 1. The van der Waals surface area contributed by atoms with Gasteiger partial charge in [-0.15, -0.1) is 29.3 Å². The average molecular weight is 1020 g/mol. The van der Waals surface area contributed by atoms with Crippen LogP contribution in [0.15, 0.2) is 158 Å². The fourth-order valence-corrected chi connectivity index (χ4v) is 8.68. The van der Waals surface area contributed by atoms with E-state index < -0.39 is 6.85 Å². The zero-order valence-corrected chi connectivity index (χ0v) is 39.9. The maximum absolute atomic E-state index is 12.0. The van der Waals surface area contributed by atoms with Gasteiger partial charge in [-0.3, -0.25) is 9.55 Å². The van der Waals surface area contributed by atoms with E-state index in [4.69, 9.17) is 14.1 Å².